The maximum atomic E-state index is 14.7. The monoisotopic (exact) mass is 324 g/mol. The number of halogens is 2. The van der Waals surface area contributed by atoms with Gasteiger partial charge in [0.05, 0.1) is 28.5 Å². The lowest BCUT2D eigenvalue weighted by molar-refractivity contribution is -0.0685. The number of benzene rings is 1. The third kappa shape index (κ3) is 2.02. The third-order valence-corrected chi connectivity index (χ3v) is 4.22. The first-order chi connectivity index (χ1) is 11.4. The molecule has 0 N–H and O–H groups in total. The summed E-state index contributed by atoms with van der Waals surface area (Å²) in [6.07, 6.45) is 3.04. The summed E-state index contributed by atoms with van der Waals surface area (Å²) >= 11 is 0. The lowest BCUT2D eigenvalue weighted by atomic mass is 9.85. The first kappa shape index (κ1) is 14.8. The van der Waals surface area contributed by atoms with Crippen LogP contribution in [0.3, 0.4) is 0 Å². The van der Waals surface area contributed by atoms with Gasteiger partial charge in [-0.1, -0.05) is 12.1 Å². The number of alkyl halides is 2. The molecule has 1 aliphatic rings. The van der Waals surface area contributed by atoms with Crippen molar-refractivity contribution < 1.29 is 8.78 Å². The van der Waals surface area contributed by atoms with Gasteiger partial charge in [0.2, 0.25) is 0 Å². The highest BCUT2D eigenvalue weighted by molar-refractivity contribution is 6.12. The van der Waals surface area contributed by atoms with Crippen molar-refractivity contribution in [3.8, 4) is 0 Å². The summed E-state index contributed by atoms with van der Waals surface area (Å²) in [4.78, 5) is 17.3. The van der Waals surface area contributed by atoms with E-state index in [1.165, 1.54) is 32.2 Å². The Kier molecular flexibility index (Phi) is 3.00. The molecule has 0 atom stereocenters. The van der Waals surface area contributed by atoms with Crippen LogP contribution < -0.4 is 0 Å². The molecule has 24 heavy (non-hydrogen) atoms. The van der Waals surface area contributed by atoms with E-state index in [0.29, 0.717) is 16.9 Å². The fourth-order valence-corrected chi connectivity index (χ4v) is 2.83. The van der Waals surface area contributed by atoms with Crippen molar-refractivity contribution in [3.63, 3.8) is 0 Å². The van der Waals surface area contributed by atoms with Crippen molar-refractivity contribution in [2.24, 2.45) is 4.99 Å². The Balaban J connectivity index is 1.98. The van der Waals surface area contributed by atoms with E-state index in [4.69, 9.17) is 0 Å². The molecule has 0 amide bonds. The molecule has 0 aliphatic carbocycles. The van der Waals surface area contributed by atoms with Crippen molar-refractivity contribution in [1.82, 2.24) is 15.0 Å². The smallest absolute Gasteiger partial charge is 0.268 e. The highest BCUT2D eigenvalue weighted by Crippen LogP contribution is 2.45. The molecule has 2 aromatic heterocycles. The SMILES string of the molecule is CC1(C)N=C(c2cnc3ccccc3n2)c2ncccc2C1(F)F. The van der Waals surface area contributed by atoms with Crippen LogP contribution in [0.2, 0.25) is 0 Å². The second-order valence-corrected chi connectivity index (χ2v) is 6.24. The molecule has 4 nitrogen and oxygen atoms in total. The number of hydrogen-bond acceptors (Lipinski definition) is 4. The summed E-state index contributed by atoms with van der Waals surface area (Å²) in [5, 5.41) is 0. The Labute approximate surface area is 137 Å². The zero-order chi connectivity index (χ0) is 16.9. The van der Waals surface area contributed by atoms with E-state index in [-0.39, 0.29) is 11.3 Å². The normalized spacial score (nSPS) is 18.1. The molecule has 0 saturated carbocycles. The molecule has 6 heteroatoms. The van der Waals surface area contributed by atoms with Gasteiger partial charge in [-0.2, -0.15) is 8.78 Å². The van der Waals surface area contributed by atoms with E-state index in [2.05, 4.69) is 19.9 Å². The van der Waals surface area contributed by atoms with Gasteiger partial charge in [-0.05, 0) is 38.1 Å². The van der Waals surface area contributed by atoms with E-state index in [1.54, 1.807) is 6.20 Å². The van der Waals surface area contributed by atoms with Gasteiger partial charge >= 0.3 is 0 Å². The first-order valence-electron chi connectivity index (χ1n) is 7.56. The Morgan fingerprint density at radius 2 is 1.67 bits per heavy atom. The Morgan fingerprint density at radius 1 is 0.917 bits per heavy atom. The maximum Gasteiger partial charge on any atom is 0.299 e. The predicted octanol–water partition coefficient (Wildman–Crippen LogP) is 3.75. The molecule has 0 spiro atoms. The van der Waals surface area contributed by atoms with Crippen molar-refractivity contribution >= 4 is 16.7 Å². The summed E-state index contributed by atoms with van der Waals surface area (Å²) in [6, 6.07) is 10.3. The van der Waals surface area contributed by atoms with E-state index in [9.17, 15) is 8.78 Å². The van der Waals surface area contributed by atoms with Crippen LogP contribution in [-0.2, 0) is 5.92 Å². The molecule has 1 aliphatic heterocycles. The van der Waals surface area contributed by atoms with Crippen molar-refractivity contribution in [2.75, 3.05) is 0 Å². The highest BCUT2D eigenvalue weighted by atomic mass is 19.3. The average molecular weight is 324 g/mol. The molecule has 0 bridgehead atoms. The van der Waals surface area contributed by atoms with Crippen molar-refractivity contribution in [1.29, 1.82) is 0 Å². The fourth-order valence-electron chi connectivity index (χ4n) is 2.83. The molecule has 1 aromatic carbocycles. The summed E-state index contributed by atoms with van der Waals surface area (Å²) < 4.78 is 29.5. The van der Waals surface area contributed by atoms with Crippen LogP contribution in [0, 0.1) is 0 Å². The highest BCUT2D eigenvalue weighted by Gasteiger charge is 2.53. The Morgan fingerprint density at radius 3 is 2.46 bits per heavy atom. The van der Waals surface area contributed by atoms with Gasteiger partial charge in [0.15, 0.2) is 0 Å². The van der Waals surface area contributed by atoms with Crippen molar-refractivity contribution in [3.05, 3.63) is 65.7 Å². The molecule has 0 unspecified atom stereocenters. The minimum absolute atomic E-state index is 0.130. The van der Waals surface area contributed by atoms with Crippen LogP contribution in [0.15, 0.2) is 53.8 Å². The zero-order valence-corrected chi connectivity index (χ0v) is 13.2. The summed E-state index contributed by atoms with van der Waals surface area (Å²) in [6.45, 7) is 2.83. The minimum atomic E-state index is -3.11. The molecular weight excluding hydrogens is 310 g/mol. The number of pyridine rings is 1. The molecule has 3 aromatic rings. The molecule has 4 rings (SSSR count). The van der Waals surface area contributed by atoms with Gasteiger partial charge in [-0.25, -0.2) is 4.98 Å². The van der Waals surface area contributed by atoms with E-state index >= 15 is 0 Å². The molecule has 120 valence electrons. The summed E-state index contributed by atoms with van der Waals surface area (Å²) in [5.74, 6) is -3.11. The molecule has 3 heterocycles. The minimum Gasteiger partial charge on any atom is -0.268 e. The number of rotatable bonds is 1. The summed E-state index contributed by atoms with van der Waals surface area (Å²) in [5.41, 5.74) is 0.651. The van der Waals surface area contributed by atoms with Crippen molar-refractivity contribution in [2.45, 2.75) is 25.3 Å². The number of nitrogens with zero attached hydrogens (tertiary/aromatic N) is 4. The molecular formula is C18H14F2N4. The van der Waals surface area contributed by atoms with Crippen LogP contribution in [0.25, 0.3) is 11.0 Å². The van der Waals surface area contributed by atoms with Gasteiger partial charge < -0.3 is 0 Å². The molecule has 0 saturated heterocycles. The van der Waals surface area contributed by atoms with Gasteiger partial charge in [-0.3, -0.25) is 15.0 Å². The summed E-state index contributed by atoms with van der Waals surface area (Å²) in [7, 11) is 0. The Bertz CT molecular complexity index is 979. The van der Waals surface area contributed by atoms with Gasteiger partial charge in [0.1, 0.15) is 16.9 Å². The fraction of sp³-hybridized carbons (Fsp3) is 0.222. The Hall–Kier alpha value is -2.76. The van der Waals surface area contributed by atoms with E-state index < -0.39 is 11.5 Å². The van der Waals surface area contributed by atoms with Crippen LogP contribution in [0.5, 0.6) is 0 Å². The van der Waals surface area contributed by atoms with Gasteiger partial charge in [0.25, 0.3) is 5.92 Å². The average Bonchev–Trinajstić information content (AvgIpc) is 2.58. The van der Waals surface area contributed by atoms with Crippen LogP contribution in [-0.4, -0.2) is 26.2 Å². The second kappa shape index (κ2) is 4.87. The number of para-hydroxylation sites is 2. The lowest BCUT2D eigenvalue weighted by Gasteiger charge is -2.36. The molecule has 0 fully saturated rings. The second-order valence-electron chi connectivity index (χ2n) is 6.24. The van der Waals surface area contributed by atoms with Crippen LogP contribution in [0.4, 0.5) is 8.78 Å². The molecule has 0 radical (unpaired) electrons. The number of fused-ring (bicyclic) bond motifs is 2. The zero-order valence-electron chi connectivity index (χ0n) is 13.2. The predicted molar refractivity (Wildman–Crippen MR) is 87.4 cm³/mol. The van der Waals surface area contributed by atoms with Crippen LogP contribution >= 0.6 is 0 Å². The standard InChI is InChI=1S/C18H14F2N4/c1-17(2)18(19,20)11-6-5-9-21-15(11)16(24-17)14-10-22-12-7-3-4-8-13(12)23-14/h3-10H,1-2H3. The lowest BCUT2D eigenvalue weighted by Crippen LogP contribution is -2.44. The third-order valence-electron chi connectivity index (χ3n) is 4.22. The van der Waals surface area contributed by atoms with E-state index in [1.807, 2.05) is 24.3 Å². The van der Waals surface area contributed by atoms with Gasteiger partial charge in [-0.15, -0.1) is 0 Å². The topological polar surface area (TPSA) is 51.0 Å². The van der Waals surface area contributed by atoms with Crippen LogP contribution in [0.1, 0.15) is 30.8 Å². The maximum absolute atomic E-state index is 14.7. The quantitative estimate of drug-likeness (QED) is 0.685. The van der Waals surface area contributed by atoms with Gasteiger partial charge in [0, 0.05) is 6.20 Å². The number of aromatic nitrogens is 3. The largest absolute Gasteiger partial charge is 0.299 e. The number of hydrogen-bond donors (Lipinski definition) is 0. The number of aliphatic imine (C=N–C) groups is 1. The van der Waals surface area contributed by atoms with E-state index in [0.717, 1.165) is 5.52 Å². The first-order valence-corrected chi connectivity index (χ1v) is 7.56.